The zero-order valence-corrected chi connectivity index (χ0v) is 33.7. The number of hydrogen-bond acceptors (Lipinski definition) is 6. The molecule has 1 saturated heterocycles. The summed E-state index contributed by atoms with van der Waals surface area (Å²) in [6.45, 7) is 7.47. The van der Waals surface area contributed by atoms with Crippen molar-refractivity contribution >= 4 is 39.8 Å². The number of aromatic nitrogens is 3. The van der Waals surface area contributed by atoms with Gasteiger partial charge in [-0.1, -0.05) is 127 Å². The Bertz CT molecular complexity index is 2760. The van der Waals surface area contributed by atoms with Gasteiger partial charge < -0.3 is 24.3 Å². The summed E-state index contributed by atoms with van der Waals surface area (Å²) < 4.78 is 14.2. The van der Waals surface area contributed by atoms with Crippen molar-refractivity contribution in [2.24, 2.45) is 0 Å². The van der Waals surface area contributed by atoms with Gasteiger partial charge >= 0.3 is 12.1 Å². The normalized spacial score (nSPS) is 14.6. The van der Waals surface area contributed by atoms with Crippen LogP contribution in [0.1, 0.15) is 60.4 Å². The number of nitrogens with zero attached hydrogens (tertiary/aromatic N) is 5. The number of carbonyl (C=O) groups is 2. The van der Waals surface area contributed by atoms with Crippen molar-refractivity contribution in [3.63, 3.8) is 0 Å². The third-order valence-corrected chi connectivity index (χ3v) is 11.5. The lowest BCUT2D eigenvalue weighted by Gasteiger charge is -2.38. The number of anilines is 1. The van der Waals surface area contributed by atoms with Gasteiger partial charge in [-0.25, -0.2) is 19.3 Å². The van der Waals surface area contributed by atoms with Crippen LogP contribution in [0.25, 0.3) is 33.3 Å². The molecule has 6 aromatic carbocycles. The van der Waals surface area contributed by atoms with Gasteiger partial charge in [0.1, 0.15) is 22.4 Å². The Morgan fingerprint density at radius 1 is 0.783 bits per heavy atom. The first kappa shape index (κ1) is 37.1. The highest BCUT2D eigenvalue weighted by molar-refractivity contribution is 6.01. The van der Waals surface area contributed by atoms with E-state index in [4.69, 9.17) is 19.2 Å². The molecule has 1 N–H and O–H groups in total. The molecule has 0 bridgehead atoms. The Morgan fingerprint density at radius 2 is 1.38 bits per heavy atom. The largest absolute Gasteiger partial charge is 0.444 e. The van der Waals surface area contributed by atoms with Crippen LogP contribution in [0, 0.1) is 0 Å². The number of urea groups is 1. The Morgan fingerprint density at radius 3 is 1.98 bits per heavy atom. The highest BCUT2D eigenvalue weighted by Crippen LogP contribution is 2.46. The van der Waals surface area contributed by atoms with Crippen LogP contribution in [0.15, 0.2) is 156 Å². The van der Waals surface area contributed by atoms with Gasteiger partial charge in [-0.2, -0.15) is 5.10 Å². The molecular weight excluding hydrogens is 749 g/mol. The van der Waals surface area contributed by atoms with E-state index in [-0.39, 0.29) is 18.0 Å². The molecule has 0 atom stereocenters. The first-order chi connectivity index (χ1) is 29.1. The van der Waals surface area contributed by atoms with Crippen molar-refractivity contribution in [1.82, 2.24) is 24.6 Å². The summed E-state index contributed by atoms with van der Waals surface area (Å²) in [5.41, 5.74) is 8.28. The molecule has 60 heavy (non-hydrogen) atoms. The van der Waals surface area contributed by atoms with Gasteiger partial charge in [0.2, 0.25) is 5.89 Å². The summed E-state index contributed by atoms with van der Waals surface area (Å²) >= 11 is 0. The average molecular weight is 793 g/mol. The molecule has 2 aliphatic rings. The summed E-state index contributed by atoms with van der Waals surface area (Å²) in [5.74, 6) is 0.564. The molecule has 0 radical (unpaired) electrons. The van der Waals surface area contributed by atoms with E-state index in [0.29, 0.717) is 37.7 Å². The van der Waals surface area contributed by atoms with E-state index in [2.05, 4.69) is 94.9 Å². The van der Waals surface area contributed by atoms with E-state index >= 15 is 0 Å². The molecule has 2 aromatic heterocycles. The molecule has 298 valence electrons. The molecule has 2 aliphatic heterocycles. The van der Waals surface area contributed by atoms with Crippen LogP contribution in [0.4, 0.5) is 15.3 Å². The second-order valence-corrected chi connectivity index (χ2v) is 16.7. The minimum absolute atomic E-state index is 0.0304. The molecule has 0 spiro atoms. The predicted molar refractivity (Wildman–Crippen MR) is 233 cm³/mol. The zero-order valence-electron chi connectivity index (χ0n) is 33.7. The number of amides is 3. The van der Waals surface area contributed by atoms with E-state index in [1.807, 2.05) is 92.4 Å². The van der Waals surface area contributed by atoms with E-state index in [1.54, 1.807) is 4.90 Å². The minimum Gasteiger partial charge on any atom is -0.444 e. The van der Waals surface area contributed by atoms with E-state index < -0.39 is 11.1 Å². The van der Waals surface area contributed by atoms with Crippen LogP contribution >= 0.6 is 0 Å². The molecule has 10 nitrogen and oxygen atoms in total. The quantitative estimate of drug-likeness (QED) is 0.154. The Balaban J connectivity index is 1.14. The summed E-state index contributed by atoms with van der Waals surface area (Å²) in [5, 5.41) is 9.81. The van der Waals surface area contributed by atoms with Gasteiger partial charge in [-0.15, -0.1) is 0 Å². The van der Waals surface area contributed by atoms with Crippen molar-refractivity contribution in [2.45, 2.75) is 50.9 Å². The van der Waals surface area contributed by atoms with Gasteiger partial charge in [0, 0.05) is 42.8 Å². The van der Waals surface area contributed by atoms with Gasteiger partial charge in [-0.05, 0) is 72.9 Å². The van der Waals surface area contributed by atoms with Crippen molar-refractivity contribution in [3.8, 4) is 11.3 Å². The SMILES string of the molecule is CC(C)(C)OC(=O)N1CC(c2nc3ccc(-c4nn(C(c5ccccc5)(c5ccccc5)c5ccccc5)c5cc6c(cc45)CN(Cc4ccccc4)C(=O)N6)cc3o2)C1. The molecule has 0 saturated carbocycles. The Hall–Kier alpha value is -7.20. The topological polar surface area (TPSA) is 106 Å². The van der Waals surface area contributed by atoms with Gasteiger partial charge in [0.15, 0.2) is 5.58 Å². The maximum atomic E-state index is 13.7. The third-order valence-electron chi connectivity index (χ3n) is 11.5. The van der Waals surface area contributed by atoms with E-state index in [1.165, 1.54) is 0 Å². The minimum atomic E-state index is -0.916. The van der Waals surface area contributed by atoms with Crippen molar-refractivity contribution in [1.29, 1.82) is 0 Å². The molecule has 0 aliphatic carbocycles. The van der Waals surface area contributed by atoms with Crippen LogP contribution in [-0.2, 0) is 23.4 Å². The molecule has 4 heterocycles. The summed E-state index contributed by atoms with van der Waals surface area (Å²) in [4.78, 5) is 34.8. The lowest BCUT2D eigenvalue weighted by atomic mass is 9.77. The number of carbonyl (C=O) groups excluding carboxylic acids is 2. The second kappa shape index (κ2) is 14.6. The number of oxazole rings is 1. The molecular formula is C50H44N6O4. The van der Waals surface area contributed by atoms with Gasteiger partial charge in [0.05, 0.1) is 11.4 Å². The molecule has 3 amide bonds. The Labute approximate surface area is 348 Å². The van der Waals surface area contributed by atoms with Gasteiger partial charge in [0.25, 0.3) is 0 Å². The number of hydrogen-bond donors (Lipinski definition) is 1. The fraction of sp³-hybridized carbons (Fsp3) is 0.200. The number of fused-ring (bicyclic) bond motifs is 3. The van der Waals surface area contributed by atoms with Crippen molar-refractivity contribution in [3.05, 3.63) is 185 Å². The Kier molecular flexibility index (Phi) is 9.01. The van der Waals surface area contributed by atoms with Crippen LogP contribution in [-0.4, -0.2) is 55.4 Å². The highest BCUT2D eigenvalue weighted by Gasteiger charge is 2.42. The first-order valence-electron chi connectivity index (χ1n) is 20.4. The van der Waals surface area contributed by atoms with Crippen LogP contribution in [0.2, 0.25) is 0 Å². The van der Waals surface area contributed by atoms with Crippen molar-refractivity contribution < 1.29 is 18.7 Å². The molecule has 8 aromatic rings. The number of rotatable bonds is 8. The molecule has 10 rings (SSSR count). The fourth-order valence-electron chi connectivity index (χ4n) is 8.60. The fourth-order valence-corrected chi connectivity index (χ4v) is 8.60. The predicted octanol–water partition coefficient (Wildman–Crippen LogP) is 10.6. The maximum absolute atomic E-state index is 13.7. The standard InChI is InChI=1S/C50H44N6O4/c1-49(2,3)60-48(58)55-31-36(32-55)46-51-41-25-24-34(27-44(41)59-46)45-40-26-35-30-54(29-33-16-8-4-9-17-33)47(57)52-42(35)28-43(40)56(53-45)50(37-18-10-5-11-19-37,38-20-12-6-13-21-38)39-22-14-7-15-23-39/h4-28,36H,29-32H2,1-3H3,(H,52,57). The number of likely N-dealkylation sites (tertiary alicyclic amines) is 1. The van der Waals surface area contributed by atoms with Crippen LogP contribution < -0.4 is 5.32 Å². The third kappa shape index (κ3) is 6.54. The number of ether oxygens (including phenoxy) is 1. The maximum Gasteiger partial charge on any atom is 0.410 e. The summed E-state index contributed by atoms with van der Waals surface area (Å²) in [6.07, 6.45) is -0.331. The van der Waals surface area contributed by atoms with Crippen molar-refractivity contribution in [2.75, 3.05) is 18.4 Å². The molecule has 10 heteroatoms. The number of benzene rings is 6. The van der Waals surface area contributed by atoms with Crippen LogP contribution in [0.5, 0.6) is 0 Å². The molecule has 1 fully saturated rings. The van der Waals surface area contributed by atoms with Crippen LogP contribution in [0.3, 0.4) is 0 Å². The van der Waals surface area contributed by atoms with Gasteiger partial charge in [-0.3, -0.25) is 0 Å². The lowest BCUT2D eigenvalue weighted by molar-refractivity contribution is 0.00620. The lowest BCUT2D eigenvalue weighted by Crippen LogP contribution is -2.50. The van der Waals surface area contributed by atoms with E-state index in [0.717, 1.165) is 61.2 Å². The molecule has 0 unspecified atom stereocenters. The van der Waals surface area contributed by atoms with E-state index in [9.17, 15) is 9.59 Å². The summed E-state index contributed by atoms with van der Waals surface area (Å²) in [7, 11) is 0. The monoisotopic (exact) mass is 792 g/mol. The first-order valence-corrected chi connectivity index (χ1v) is 20.4. The average Bonchev–Trinajstić information content (AvgIpc) is 3.82. The summed E-state index contributed by atoms with van der Waals surface area (Å²) in [6, 6.07) is 51.6. The smallest absolute Gasteiger partial charge is 0.410 e. The second-order valence-electron chi connectivity index (χ2n) is 16.7. The number of nitrogens with one attached hydrogen (secondary N) is 1. The zero-order chi connectivity index (χ0) is 41.0. The highest BCUT2D eigenvalue weighted by atomic mass is 16.6.